The fourth-order valence-corrected chi connectivity index (χ4v) is 6.49. The van der Waals surface area contributed by atoms with Gasteiger partial charge in [-0.05, 0) is 31.2 Å². The third kappa shape index (κ3) is 4.80. The summed E-state index contributed by atoms with van der Waals surface area (Å²) in [6.45, 7) is 7.81. The minimum atomic E-state index is -0.0965. The van der Waals surface area contributed by atoms with Crippen molar-refractivity contribution >= 4 is 65.6 Å². The number of halogens is 1. The number of carbonyl (C=O) groups is 1. The summed E-state index contributed by atoms with van der Waals surface area (Å²) in [6, 6.07) is 13.9. The zero-order valence-electron chi connectivity index (χ0n) is 18.3. The summed E-state index contributed by atoms with van der Waals surface area (Å²) in [5.74, 6) is 0.796. The maximum absolute atomic E-state index is 12.6. The number of fused-ring (bicyclic) bond motifs is 2. The molecule has 172 valence electrons. The molecule has 1 N–H and O–H groups in total. The van der Waals surface area contributed by atoms with Crippen molar-refractivity contribution < 1.29 is 9.53 Å². The molecule has 2 aromatic heterocycles. The van der Waals surface area contributed by atoms with Gasteiger partial charge in [-0.15, -0.1) is 11.3 Å². The first-order valence-corrected chi connectivity index (χ1v) is 13.1. The van der Waals surface area contributed by atoms with Gasteiger partial charge in [-0.3, -0.25) is 9.69 Å². The van der Waals surface area contributed by atoms with Crippen molar-refractivity contribution in [1.82, 2.24) is 15.2 Å². The molecule has 0 bridgehead atoms. The number of piperazine rings is 1. The summed E-state index contributed by atoms with van der Waals surface area (Å²) < 4.78 is 7.80. The maximum atomic E-state index is 12.6. The molecule has 0 saturated carbocycles. The van der Waals surface area contributed by atoms with Crippen LogP contribution in [0.5, 0.6) is 5.75 Å². The van der Waals surface area contributed by atoms with E-state index < -0.39 is 0 Å². The van der Waals surface area contributed by atoms with Gasteiger partial charge in [0.25, 0.3) is 5.91 Å². The molecule has 33 heavy (non-hydrogen) atoms. The highest BCUT2D eigenvalue weighted by Crippen LogP contribution is 2.35. The molecule has 0 atom stereocenters. The number of anilines is 1. The van der Waals surface area contributed by atoms with Crippen molar-refractivity contribution in [2.45, 2.75) is 6.92 Å². The Labute approximate surface area is 205 Å². The van der Waals surface area contributed by atoms with Gasteiger partial charge in [-0.25, -0.2) is 4.98 Å². The van der Waals surface area contributed by atoms with Crippen LogP contribution in [0.15, 0.2) is 42.5 Å². The highest BCUT2D eigenvalue weighted by molar-refractivity contribution is 7.22. The number of amides is 1. The van der Waals surface area contributed by atoms with E-state index in [0.717, 1.165) is 63.9 Å². The van der Waals surface area contributed by atoms with E-state index in [1.54, 1.807) is 11.3 Å². The standard InChI is InChI=1S/C24H25ClN4O2S2/c1-2-31-16-7-8-18-20(15-16)33-24(27-18)29-13-11-28(12-14-29)10-9-26-23(30)22-21(25)17-5-3-4-6-19(17)32-22/h3-8,15H,2,9-14H2,1H3,(H,26,30). The quantitative estimate of drug-likeness (QED) is 0.382. The lowest BCUT2D eigenvalue weighted by atomic mass is 10.2. The first-order valence-electron chi connectivity index (χ1n) is 11.1. The van der Waals surface area contributed by atoms with E-state index in [2.05, 4.69) is 21.2 Å². The number of nitrogens with zero attached hydrogens (tertiary/aromatic N) is 3. The number of hydrogen-bond donors (Lipinski definition) is 1. The highest BCUT2D eigenvalue weighted by atomic mass is 35.5. The summed E-state index contributed by atoms with van der Waals surface area (Å²) in [4.78, 5) is 22.8. The zero-order chi connectivity index (χ0) is 22.8. The Morgan fingerprint density at radius 1 is 1.12 bits per heavy atom. The molecule has 1 aliphatic rings. The van der Waals surface area contributed by atoms with Crippen molar-refractivity contribution in [3.05, 3.63) is 52.4 Å². The number of aromatic nitrogens is 1. The topological polar surface area (TPSA) is 57.7 Å². The number of thiophene rings is 1. The molecule has 5 rings (SSSR count). The van der Waals surface area contributed by atoms with E-state index in [-0.39, 0.29) is 5.91 Å². The SMILES string of the molecule is CCOc1ccc2nc(N3CCN(CCNC(=O)c4sc5ccccc5c4Cl)CC3)sc2c1. The van der Waals surface area contributed by atoms with Gasteiger partial charge >= 0.3 is 0 Å². The van der Waals surface area contributed by atoms with Gasteiger partial charge in [-0.2, -0.15) is 0 Å². The number of thiazole rings is 1. The summed E-state index contributed by atoms with van der Waals surface area (Å²) in [7, 11) is 0. The smallest absolute Gasteiger partial charge is 0.262 e. The second kappa shape index (κ2) is 9.85. The Morgan fingerprint density at radius 3 is 2.73 bits per heavy atom. The molecule has 9 heteroatoms. The van der Waals surface area contributed by atoms with Crippen molar-refractivity contribution in [3.8, 4) is 5.75 Å². The monoisotopic (exact) mass is 500 g/mol. The molecule has 2 aromatic carbocycles. The van der Waals surface area contributed by atoms with Crippen LogP contribution in [0.1, 0.15) is 16.6 Å². The molecular weight excluding hydrogens is 476 g/mol. The van der Waals surface area contributed by atoms with Crippen molar-refractivity contribution in [2.24, 2.45) is 0 Å². The lowest BCUT2D eigenvalue weighted by Crippen LogP contribution is -2.48. The first kappa shape index (κ1) is 22.4. The highest BCUT2D eigenvalue weighted by Gasteiger charge is 2.21. The molecule has 0 spiro atoms. The lowest BCUT2D eigenvalue weighted by molar-refractivity contribution is 0.0952. The van der Waals surface area contributed by atoms with Crippen LogP contribution in [0.4, 0.5) is 5.13 Å². The molecule has 1 saturated heterocycles. The number of rotatable bonds is 7. The molecule has 0 radical (unpaired) electrons. The van der Waals surface area contributed by atoms with E-state index in [0.29, 0.717) is 23.1 Å². The van der Waals surface area contributed by atoms with Gasteiger partial charge in [0.15, 0.2) is 5.13 Å². The molecule has 1 aliphatic heterocycles. The summed E-state index contributed by atoms with van der Waals surface area (Å²) in [5.41, 5.74) is 1.02. The number of nitrogens with one attached hydrogen (secondary N) is 1. The van der Waals surface area contributed by atoms with Crippen LogP contribution >= 0.6 is 34.3 Å². The minimum absolute atomic E-state index is 0.0965. The molecule has 3 heterocycles. The third-order valence-corrected chi connectivity index (χ3v) is 8.51. The lowest BCUT2D eigenvalue weighted by Gasteiger charge is -2.34. The third-order valence-electron chi connectivity index (χ3n) is 5.76. The first-order chi connectivity index (χ1) is 16.1. The number of hydrogen-bond acceptors (Lipinski definition) is 7. The molecule has 0 unspecified atom stereocenters. The Morgan fingerprint density at radius 2 is 1.94 bits per heavy atom. The summed E-state index contributed by atoms with van der Waals surface area (Å²) in [6.07, 6.45) is 0. The van der Waals surface area contributed by atoms with Crippen molar-refractivity contribution in [1.29, 1.82) is 0 Å². The van der Waals surface area contributed by atoms with E-state index in [1.165, 1.54) is 11.3 Å². The van der Waals surface area contributed by atoms with E-state index in [9.17, 15) is 4.79 Å². The predicted molar refractivity (Wildman–Crippen MR) is 139 cm³/mol. The normalized spacial score (nSPS) is 14.8. The Bertz CT molecular complexity index is 1280. The minimum Gasteiger partial charge on any atom is -0.494 e. The van der Waals surface area contributed by atoms with Crippen LogP contribution in [0.3, 0.4) is 0 Å². The Kier molecular flexibility index (Phi) is 6.69. The molecule has 1 amide bonds. The molecule has 6 nitrogen and oxygen atoms in total. The molecule has 0 aliphatic carbocycles. The molecule has 1 fully saturated rings. The van der Waals surface area contributed by atoms with Crippen molar-refractivity contribution in [2.75, 3.05) is 50.8 Å². The van der Waals surface area contributed by atoms with Crippen molar-refractivity contribution in [3.63, 3.8) is 0 Å². The van der Waals surface area contributed by atoms with Crippen LogP contribution in [-0.2, 0) is 0 Å². The number of ether oxygens (including phenoxy) is 1. The number of benzene rings is 2. The van der Waals surface area contributed by atoms with Gasteiger partial charge in [0.1, 0.15) is 10.6 Å². The largest absolute Gasteiger partial charge is 0.494 e. The van der Waals surface area contributed by atoms with Gasteiger partial charge < -0.3 is 15.0 Å². The fourth-order valence-electron chi connectivity index (χ4n) is 4.02. The van der Waals surface area contributed by atoms with Gasteiger partial charge in [0.2, 0.25) is 0 Å². The molecular formula is C24H25ClN4O2S2. The van der Waals surface area contributed by atoms with Crippen LogP contribution in [-0.4, -0.2) is 61.7 Å². The van der Waals surface area contributed by atoms with Crippen LogP contribution in [0, 0.1) is 0 Å². The second-order valence-electron chi connectivity index (χ2n) is 7.88. The van der Waals surface area contributed by atoms with E-state index >= 15 is 0 Å². The van der Waals surface area contributed by atoms with Gasteiger partial charge in [-0.1, -0.05) is 41.1 Å². The average molecular weight is 501 g/mol. The van der Waals surface area contributed by atoms with Gasteiger partial charge in [0, 0.05) is 49.4 Å². The fraction of sp³-hybridized carbons (Fsp3) is 0.333. The van der Waals surface area contributed by atoms with E-state index in [4.69, 9.17) is 21.3 Å². The second-order valence-corrected chi connectivity index (χ2v) is 10.3. The maximum Gasteiger partial charge on any atom is 0.262 e. The number of carbonyl (C=O) groups excluding carboxylic acids is 1. The predicted octanol–water partition coefficient (Wildman–Crippen LogP) is 5.12. The van der Waals surface area contributed by atoms with Crippen LogP contribution < -0.4 is 15.0 Å². The Balaban J connectivity index is 1.12. The Hall–Kier alpha value is -2.39. The average Bonchev–Trinajstić information content (AvgIpc) is 3.41. The van der Waals surface area contributed by atoms with Crippen LogP contribution in [0.2, 0.25) is 5.02 Å². The summed E-state index contributed by atoms with van der Waals surface area (Å²) in [5, 5.41) is 5.58. The molecule has 4 aromatic rings. The van der Waals surface area contributed by atoms with Crippen LogP contribution in [0.25, 0.3) is 20.3 Å². The van der Waals surface area contributed by atoms with Gasteiger partial charge in [0.05, 0.1) is 21.8 Å². The zero-order valence-corrected chi connectivity index (χ0v) is 20.7. The van der Waals surface area contributed by atoms with E-state index in [1.807, 2.05) is 43.3 Å². The summed E-state index contributed by atoms with van der Waals surface area (Å²) >= 11 is 9.59.